The predicted molar refractivity (Wildman–Crippen MR) is 101 cm³/mol. The summed E-state index contributed by atoms with van der Waals surface area (Å²) in [5, 5.41) is 8.44. The van der Waals surface area contributed by atoms with Crippen molar-refractivity contribution in [3.05, 3.63) is 59.8 Å². The molecule has 1 saturated heterocycles. The molecule has 0 amide bonds. The van der Waals surface area contributed by atoms with Gasteiger partial charge in [-0.1, -0.05) is 24.3 Å². The van der Waals surface area contributed by atoms with E-state index in [0.717, 1.165) is 48.7 Å². The fourth-order valence-corrected chi connectivity index (χ4v) is 3.49. The van der Waals surface area contributed by atoms with Gasteiger partial charge in [0.05, 0.1) is 5.56 Å². The first-order chi connectivity index (χ1) is 12.7. The Bertz CT molecular complexity index is 903. The van der Waals surface area contributed by atoms with E-state index in [1.807, 2.05) is 24.3 Å². The van der Waals surface area contributed by atoms with Crippen molar-refractivity contribution in [3.8, 4) is 17.1 Å². The van der Waals surface area contributed by atoms with Crippen LogP contribution in [-0.2, 0) is 4.74 Å². The first-order valence-electron chi connectivity index (χ1n) is 9.06. The van der Waals surface area contributed by atoms with E-state index in [4.69, 9.17) is 9.15 Å². The molecule has 3 heterocycles. The molecular weight excluding hydrogens is 326 g/mol. The molecule has 4 rings (SSSR count). The van der Waals surface area contributed by atoms with E-state index in [0.29, 0.717) is 17.7 Å². The zero-order valence-electron chi connectivity index (χ0n) is 15.2. The number of hydrogen-bond acceptors (Lipinski definition) is 4. The van der Waals surface area contributed by atoms with E-state index in [2.05, 4.69) is 52.9 Å². The summed E-state index contributed by atoms with van der Waals surface area (Å²) in [5.74, 6) is 1.64. The molecule has 0 N–H and O–H groups in total. The second kappa shape index (κ2) is 7.30. The molecule has 0 radical (unpaired) electrons. The fraction of sp³-hybridized carbons (Fsp3) is 0.333. The molecule has 0 saturated carbocycles. The lowest BCUT2D eigenvalue weighted by Gasteiger charge is -2.18. The third kappa shape index (κ3) is 3.35. The van der Waals surface area contributed by atoms with Crippen LogP contribution in [0.1, 0.15) is 30.1 Å². The van der Waals surface area contributed by atoms with Crippen LogP contribution in [0.3, 0.4) is 0 Å². The van der Waals surface area contributed by atoms with Crippen LogP contribution in [0.15, 0.2) is 46.9 Å². The Morgan fingerprint density at radius 2 is 1.85 bits per heavy atom. The summed E-state index contributed by atoms with van der Waals surface area (Å²) in [6, 6.07) is 12.4. The highest BCUT2D eigenvalue weighted by atomic mass is 16.5. The van der Waals surface area contributed by atoms with Crippen LogP contribution in [0.2, 0.25) is 0 Å². The highest BCUT2D eigenvalue weighted by Crippen LogP contribution is 2.29. The van der Waals surface area contributed by atoms with Crippen LogP contribution in [0, 0.1) is 19.8 Å². The average molecular weight is 349 g/mol. The lowest BCUT2D eigenvalue weighted by atomic mass is 10.00. The molecule has 2 aromatic heterocycles. The van der Waals surface area contributed by atoms with Crippen LogP contribution >= 0.6 is 0 Å². The molecule has 1 aromatic carbocycles. The standard InChI is InChI=1S/C21H23N3O2/c1-15-14-19(16(2)24(15)18-6-4-3-5-7-18)21-23-22-20(26-21)9-8-17-10-12-25-13-11-17/h3-9,14,17H,10-13H2,1-2H3/b9-8+. The van der Waals surface area contributed by atoms with Gasteiger partial charge in [-0.2, -0.15) is 0 Å². The third-order valence-electron chi connectivity index (χ3n) is 4.89. The number of allylic oxidation sites excluding steroid dienone is 1. The van der Waals surface area contributed by atoms with E-state index in [9.17, 15) is 0 Å². The topological polar surface area (TPSA) is 53.1 Å². The minimum absolute atomic E-state index is 0.530. The van der Waals surface area contributed by atoms with Gasteiger partial charge in [-0.3, -0.25) is 0 Å². The van der Waals surface area contributed by atoms with Gasteiger partial charge in [0.2, 0.25) is 11.8 Å². The van der Waals surface area contributed by atoms with Crippen molar-refractivity contribution in [2.24, 2.45) is 5.92 Å². The molecule has 1 aliphatic heterocycles. The molecule has 5 heteroatoms. The number of hydrogen-bond donors (Lipinski definition) is 0. The number of ether oxygens (including phenoxy) is 1. The second-order valence-electron chi connectivity index (χ2n) is 6.71. The van der Waals surface area contributed by atoms with Gasteiger partial charge in [0, 0.05) is 30.3 Å². The molecule has 0 atom stereocenters. The van der Waals surface area contributed by atoms with Gasteiger partial charge in [0.25, 0.3) is 0 Å². The first-order valence-corrected chi connectivity index (χ1v) is 9.06. The van der Waals surface area contributed by atoms with Gasteiger partial charge in [0.15, 0.2) is 0 Å². The average Bonchev–Trinajstić information content (AvgIpc) is 3.26. The normalized spacial score (nSPS) is 15.8. The van der Waals surface area contributed by atoms with Gasteiger partial charge < -0.3 is 13.7 Å². The zero-order chi connectivity index (χ0) is 17.9. The Morgan fingerprint density at radius 1 is 1.08 bits per heavy atom. The Balaban J connectivity index is 1.59. The van der Waals surface area contributed by atoms with Crippen LogP contribution < -0.4 is 0 Å². The molecule has 26 heavy (non-hydrogen) atoms. The van der Waals surface area contributed by atoms with Gasteiger partial charge >= 0.3 is 0 Å². The zero-order valence-corrected chi connectivity index (χ0v) is 15.2. The van der Waals surface area contributed by atoms with E-state index in [1.54, 1.807) is 0 Å². The van der Waals surface area contributed by atoms with Gasteiger partial charge in [-0.15, -0.1) is 10.2 Å². The molecule has 5 nitrogen and oxygen atoms in total. The van der Waals surface area contributed by atoms with Crippen molar-refractivity contribution in [2.45, 2.75) is 26.7 Å². The summed E-state index contributed by atoms with van der Waals surface area (Å²) in [6.45, 7) is 5.83. The largest absolute Gasteiger partial charge is 0.417 e. The quantitative estimate of drug-likeness (QED) is 0.691. The molecule has 0 bridgehead atoms. The molecule has 0 unspecified atom stereocenters. The summed E-state index contributed by atoms with van der Waals surface area (Å²) in [5.41, 5.74) is 4.34. The molecule has 134 valence electrons. The minimum atomic E-state index is 0.530. The lowest BCUT2D eigenvalue weighted by molar-refractivity contribution is 0.0787. The van der Waals surface area contributed by atoms with E-state index >= 15 is 0 Å². The highest BCUT2D eigenvalue weighted by Gasteiger charge is 2.17. The van der Waals surface area contributed by atoms with Crippen LogP contribution in [0.5, 0.6) is 0 Å². The Morgan fingerprint density at radius 3 is 2.62 bits per heavy atom. The predicted octanol–water partition coefficient (Wildman–Crippen LogP) is 4.58. The molecule has 0 spiro atoms. The Kier molecular flexibility index (Phi) is 4.71. The Labute approximate surface area is 153 Å². The van der Waals surface area contributed by atoms with Gasteiger partial charge in [0.1, 0.15) is 0 Å². The molecule has 1 aliphatic rings. The first kappa shape index (κ1) is 16.8. The number of rotatable bonds is 4. The molecule has 1 fully saturated rings. The SMILES string of the molecule is Cc1cc(-c2nnc(/C=C/C3CCOCC3)o2)c(C)n1-c1ccccc1. The van der Waals surface area contributed by atoms with Gasteiger partial charge in [-0.25, -0.2) is 0 Å². The Hall–Kier alpha value is -2.66. The number of aromatic nitrogens is 3. The number of nitrogens with zero attached hydrogens (tertiary/aromatic N) is 3. The van der Waals surface area contributed by atoms with Gasteiger partial charge in [-0.05, 0) is 56.9 Å². The van der Waals surface area contributed by atoms with Crippen molar-refractivity contribution >= 4 is 6.08 Å². The summed E-state index contributed by atoms with van der Waals surface area (Å²) < 4.78 is 13.5. The van der Waals surface area contributed by atoms with Crippen LogP contribution in [0.4, 0.5) is 0 Å². The van der Waals surface area contributed by atoms with Crippen molar-refractivity contribution < 1.29 is 9.15 Å². The maximum absolute atomic E-state index is 5.89. The maximum Gasteiger partial charge on any atom is 0.249 e. The van der Waals surface area contributed by atoms with Crippen molar-refractivity contribution in [3.63, 3.8) is 0 Å². The van der Waals surface area contributed by atoms with Crippen molar-refractivity contribution in [2.75, 3.05) is 13.2 Å². The monoisotopic (exact) mass is 349 g/mol. The number of para-hydroxylation sites is 1. The summed E-state index contributed by atoms with van der Waals surface area (Å²) in [4.78, 5) is 0. The summed E-state index contributed by atoms with van der Waals surface area (Å²) in [6.07, 6.45) is 6.20. The van der Waals surface area contributed by atoms with E-state index < -0.39 is 0 Å². The minimum Gasteiger partial charge on any atom is -0.417 e. The third-order valence-corrected chi connectivity index (χ3v) is 4.89. The number of aryl methyl sites for hydroxylation is 1. The van der Waals surface area contributed by atoms with E-state index in [1.165, 1.54) is 0 Å². The maximum atomic E-state index is 5.89. The molecule has 0 aliphatic carbocycles. The molecule has 3 aromatic rings. The van der Waals surface area contributed by atoms with Crippen molar-refractivity contribution in [1.29, 1.82) is 0 Å². The van der Waals surface area contributed by atoms with E-state index in [-0.39, 0.29) is 0 Å². The fourth-order valence-electron chi connectivity index (χ4n) is 3.49. The summed E-state index contributed by atoms with van der Waals surface area (Å²) >= 11 is 0. The smallest absolute Gasteiger partial charge is 0.249 e. The van der Waals surface area contributed by atoms with Crippen LogP contribution in [0.25, 0.3) is 23.2 Å². The van der Waals surface area contributed by atoms with Crippen molar-refractivity contribution in [1.82, 2.24) is 14.8 Å². The second-order valence-corrected chi connectivity index (χ2v) is 6.71. The summed E-state index contributed by atoms with van der Waals surface area (Å²) in [7, 11) is 0. The highest BCUT2D eigenvalue weighted by molar-refractivity contribution is 5.61. The lowest BCUT2D eigenvalue weighted by Crippen LogP contribution is -2.13. The molecular formula is C21H23N3O2. The van der Waals surface area contributed by atoms with Crippen LogP contribution in [-0.4, -0.2) is 28.0 Å². The number of benzene rings is 1.